The summed E-state index contributed by atoms with van der Waals surface area (Å²) in [5.41, 5.74) is 1.47. The van der Waals surface area contributed by atoms with Crippen LogP contribution in [0.4, 0.5) is 0 Å². The summed E-state index contributed by atoms with van der Waals surface area (Å²) < 4.78 is 5.43. The van der Waals surface area contributed by atoms with Crippen molar-refractivity contribution in [3.63, 3.8) is 0 Å². The van der Waals surface area contributed by atoms with E-state index in [0.29, 0.717) is 23.7 Å². The summed E-state index contributed by atoms with van der Waals surface area (Å²) in [4.78, 5) is 16.0. The van der Waals surface area contributed by atoms with Crippen LogP contribution >= 0.6 is 22.9 Å². The van der Waals surface area contributed by atoms with E-state index in [1.165, 1.54) is 0 Å². The van der Waals surface area contributed by atoms with Gasteiger partial charge in [0.15, 0.2) is 0 Å². The number of ether oxygens (including phenoxy) is 1. The van der Waals surface area contributed by atoms with Gasteiger partial charge in [-0.15, -0.1) is 11.3 Å². The van der Waals surface area contributed by atoms with E-state index >= 15 is 0 Å². The third-order valence-corrected chi connectivity index (χ3v) is 5.06. The quantitative estimate of drug-likeness (QED) is 0.592. The van der Waals surface area contributed by atoms with Crippen molar-refractivity contribution in [2.45, 2.75) is 13.1 Å². The third-order valence-electron chi connectivity index (χ3n) is 3.87. The van der Waals surface area contributed by atoms with Gasteiger partial charge in [0.05, 0.1) is 30.8 Å². The molecule has 0 unspecified atom stereocenters. The molecule has 1 amide bonds. The molecule has 0 aliphatic rings. The number of amides is 1. The number of benzene rings is 2. The minimum absolute atomic E-state index is 0.0927. The van der Waals surface area contributed by atoms with Gasteiger partial charge in [-0.1, -0.05) is 48.0 Å². The molecule has 0 saturated heterocycles. The molecular formula is C20H18ClNO2S. The molecule has 0 fully saturated rings. The number of hydrogen-bond acceptors (Lipinski definition) is 3. The van der Waals surface area contributed by atoms with Gasteiger partial charge >= 0.3 is 0 Å². The first-order valence-corrected chi connectivity index (χ1v) is 9.13. The lowest BCUT2D eigenvalue weighted by atomic mass is 10.1. The van der Waals surface area contributed by atoms with Crippen LogP contribution in [0.5, 0.6) is 5.75 Å². The molecule has 0 aliphatic heterocycles. The predicted octanol–water partition coefficient (Wildman–Crippen LogP) is 5.25. The van der Waals surface area contributed by atoms with Gasteiger partial charge in [0.25, 0.3) is 5.91 Å². The zero-order chi connectivity index (χ0) is 17.6. The molecule has 0 radical (unpaired) electrons. The Morgan fingerprint density at radius 3 is 2.52 bits per heavy atom. The van der Waals surface area contributed by atoms with Gasteiger partial charge in [-0.05, 0) is 29.6 Å². The summed E-state index contributed by atoms with van der Waals surface area (Å²) in [6.07, 6.45) is 0. The van der Waals surface area contributed by atoms with Crippen LogP contribution < -0.4 is 4.74 Å². The Hall–Kier alpha value is -2.30. The number of rotatable bonds is 6. The lowest BCUT2D eigenvalue weighted by Gasteiger charge is -2.24. The Morgan fingerprint density at radius 1 is 1.04 bits per heavy atom. The molecule has 0 N–H and O–H groups in total. The highest BCUT2D eigenvalue weighted by Crippen LogP contribution is 2.24. The van der Waals surface area contributed by atoms with Gasteiger partial charge < -0.3 is 9.64 Å². The van der Waals surface area contributed by atoms with E-state index in [4.69, 9.17) is 16.3 Å². The van der Waals surface area contributed by atoms with Crippen LogP contribution in [0.3, 0.4) is 0 Å². The fraction of sp³-hybridized carbons (Fsp3) is 0.150. The fourth-order valence-corrected chi connectivity index (χ4v) is 3.57. The number of thiophene rings is 1. The number of methoxy groups -OCH3 is 1. The van der Waals surface area contributed by atoms with E-state index in [1.54, 1.807) is 35.5 Å². The Bertz CT molecular complexity index is 848. The Labute approximate surface area is 156 Å². The number of hydrogen-bond donors (Lipinski definition) is 0. The third kappa shape index (κ3) is 4.21. The van der Waals surface area contributed by atoms with Crippen molar-refractivity contribution in [3.8, 4) is 5.75 Å². The Balaban J connectivity index is 1.92. The van der Waals surface area contributed by atoms with Crippen molar-refractivity contribution < 1.29 is 9.53 Å². The van der Waals surface area contributed by atoms with Crippen molar-refractivity contribution >= 4 is 28.8 Å². The van der Waals surface area contributed by atoms with Gasteiger partial charge in [0.2, 0.25) is 0 Å². The molecule has 3 aromatic rings. The number of carbonyl (C=O) groups is 1. The van der Waals surface area contributed by atoms with Crippen LogP contribution in [0.15, 0.2) is 66.0 Å². The SMILES string of the molecule is COc1ccccc1CN(Cc1cccs1)C(=O)c1ccccc1Cl. The van der Waals surface area contributed by atoms with Crippen LogP contribution in [0.1, 0.15) is 20.8 Å². The minimum Gasteiger partial charge on any atom is -0.496 e. The van der Waals surface area contributed by atoms with Gasteiger partial charge in [0.1, 0.15) is 5.75 Å². The summed E-state index contributed by atoms with van der Waals surface area (Å²) in [6.45, 7) is 0.978. The normalized spacial score (nSPS) is 10.5. The lowest BCUT2D eigenvalue weighted by Crippen LogP contribution is -2.30. The minimum atomic E-state index is -0.0927. The van der Waals surface area contributed by atoms with Gasteiger partial charge in [-0.3, -0.25) is 4.79 Å². The lowest BCUT2D eigenvalue weighted by molar-refractivity contribution is 0.0731. The average Bonchev–Trinajstić information content (AvgIpc) is 3.14. The first-order chi connectivity index (χ1) is 12.2. The molecule has 2 aromatic carbocycles. The zero-order valence-electron chi connectivity index (χ0n) is 13.8. The molecule has 25 heavy (non-hydrogen) atoms. The van der Waals surface area contributed by atoms with Crippen molar-refractivity contribution in [2.75, 3.05) is 7.11 Å². The molecule has 0 saturated carbocycles. The molecular weight excluding hydrogens is 354 g/mol. The smallest absolute Gasteiger partial charge is 0.255 e. The summed E-state index contributed by atoms with van der Waals surface area (Å²) in [6, 6.07) is 18.9. The van der Waals surface area contributed by atoms with E-state index in [0.717, 1.165) is 16.2 Å². The summed E-state index contributed by atoms with van der Waals surface area (Å²) >= 11 is 7.87. The van der Waals surface area contributed by atoms with Gasteiger partial charge in [-0.2, -0.15) is 0 Å². The Morgan fingerprint density at radius 2 is 1.80 bits per heavy atom. The van der Waals surface area contributed by atoms with E-state index < -0.39 is 0 Å². The van der Waals surface area contributed by atoms with Crippen molar-refractivity contribution in [3.05, 3.63) is 87.1 Å². The summed E-state index contributed by atoms with van der Waals surface area (Å²) in [5.74, 6) is 0.676. The molecule has 3 rings (SSSR count). The molecule has 1 aromatic heterocycles. The maximum atomic E-state index is 13.1. The van der Waals surface area contributed by atoms with Crippen LogP contribution in [-0.2, 0) is 13.1 Å². The average molecular weight is 372 g/mol. The maximum Gasteiger partial charge on any atom is 0.255 e. The summed E-state index contributed by atoms with van der Waals surface area (Å²) in [7, 11) is 1.64. The van der Waals surface area contributed by atoms with Crippen LogP contribution in [0, 0.1) is 0 Å². The highest BCUT2D eigenvalue weighted by Gasteiger charge is 2.20. The molecule has 128 valence electrons. The van der Waals surface area contributed by atoms with E-state index in [1.807, 2.05) is 53.9 Å². The van der Waals surface area contributed by atoms with Crippen LogP contribution in [-0.4, -0.2) is 17.9 Å². The molecule has 0 bridgehead atoms. The zero-order valence-corrected chi connectivity index (χ0v) is 15.4. The standard InChI is InChI=1S/C20H18ClNO2S/c1-24-19-11-5-2-7-15(19)13-22(14-16-8-6-12-25-16)20(23)17-9-3-4-10-18(17)21/h2-12H,13-14H2,1H3. The second-order valence-electron chi connectivity index (χ2n) is 5.53. The number of nitrogens with zero attached hydrogens (tertiary/aromatic N) is 1. The monoisotopic (exact) mass is 371 g/mol. The van der Waals surface area contributed by atoms with E-state index in [9.17, 15) is 4.79 Å². The largest absolute Gasteiger partial charge is 0.496 e. The molecule has 3 nitrogen and oxygen atoms in total. The van der Waals surface area contributed by atoms with Gasteiger partial charge in [-0.25, -0.2) is 0 Å². The first-order valence-electron chi connectivity index (χ1n) is 7.87. The Kier molecular flexibility index (Phi) is 5.74. The van der Waals surface area contributed by atoms with Crippen molar-refractivity contribution in [2.24, 2.45) is 0 Å². The molecule has 0 spiro atoms. The van der Waals surface area contributed by atoms with Crippen LogP contribution in [0.2, 0.25) is 5.02 Å². The van der Waals surface area contributed by atoms with Gasteiger partial charge in [0, 0.05) is 10.4 Å². The maximum absolute atomic E-state index is 13.1. The number of para-hydroxylation sites is 1. The van der Waals surface area contributed by atoms with E-state index in [2.05, 4.69) is 0 Å². The second kappa shape index (κ2) is 8.19. The number of carbonyl (C=O) groups excluding carboxylic acids is 1. The molecule has 0 aliphatic carbocycles. The topological polar surface area (TPSA) is 29.5 Å². The highest BCUT2D eigenvalue weighted by molar-refractivity contribution is 7.09. The van der Waals surface area contributed by atoms with Crippen molar-refractivity contribution in [1.29, 1.82) is 0 Å². The summed E-state index contributed by atoms with van der Waals surface area (Å²) in [5, 5.41) is 2.47. The number of halogens is 1. The predicted molar refractivity (Wildman–Crippen MR) is 102 cm³/mol. The van der Waals surface area contributed by atoms with Crippen molar-refractivity contribution in [1.82, 2.24) is 4.90 Å². The molecule has 0 atom stereocenters. The van der Waals surface area contributed by atoms with Crippen LogP contribution in [0.25, 0.3) is 0 Å². The molecule has 5 heteroatoms. The fourth-order valence-electron chi connectivity index (χ4n) is 2.63. The second-order valence-corrected chi connectivity index (χ2v) is 6.97. The highest BCUT2D eigenvalue weighted by atomic mass is 35.5. The molecule has 1 heterocycles. The van der Waals surface area contributed by atoms with E-state index in [-0.39, 0.29) is 5.91 Å². The first kappa shape index (κ1) is 17.5.